The second-order valence-corrected chi connectivity index (χ2v) is 6.41. The molecule has 1 atom stereocenters. The van der Waals surface area contributed by atoms with E-state index >= 15 is 0 Å². The van der Waals surface area contributed by atoms with Crippen molar-refractivity contribution in [2.24, 2.45) is 0 Å². The topological polar surface area (TPSA) is 104 Å². The predicted molar refractivity (Wildman–Crippen MR) is 80.0 cm³/mol. The van der Waals surface area contributed by atoms with Gasteiger partial charge in [0.05, 0.1) is 4.90 Å². The number of hydrogen-bond donors (Lipinski definition) is 3. The molecule has 7 heteroatoms. The van der Waals surface area contributed by atoms with E-state index in [2.05, 4.69) is 4.72 Å². The first kappa shape index (κ1) is 16.0. The highest BCUT2D eigenvalue weighted by Gasteiger charge is 2.25. The summed E-state index contributed by atoms with van der Waals surface area (Å²) in [4.78, 5) is 11.3. The first-order valence-electron chi connectivity index (χ1n) is 6.46. The maximum Gasteiger partial charge on any atom is 0.322 e. The summed E-state index contributed by atoms with van der Waals surface area (Å²) in [5, 5.41) is 18.4. The van der Waals surface area contributed by atoms with Crippen molar-refractivity contribution in [2.45, 2.75) is 17.4 Å². The number of aliphatic carboxylic acids is 1. The van der Waals surface area contributed by atoms with E-state index in [-0.39, 0.29) is 17.1 Å². The minimum atomic E-state index is -3.91. The lowest BCUT2D eigenvalue weighted by atomic mass is 10.1. The molecule has 0 aliphatic rings. The van der Waals surface area contributed by atoms with Gasteiger partial charge in [-0.1, -0.05) is 30.3 Å². The number of phenolic OH excluding ortho intramolecular Hbond substituents is 1. The van der Waals surface area contributed by atoms with E-state index in [0.717, 1.165) is 0 Å². The van der Waals surface area contributed by atoms with Gasteiger partial charge < -0.3 is 10.2 Å². The third-order valence-electron chi connectivity index (χ3n) is 3.03. The monoisotopic (exact) mass is 321 g/mol. The van der Waals surface area contributed by atoms with E-state index in [0.29, 0.717) is 5.56 Å². The van der Waals surface area contributed by atoms with Gasteiger partial charge in [0.1, 0.15) is 11.8 Å². The Morgan fingerprint density at radius 1 is 1.05 bits per heavy atom. The second-order valence-electron chi connectivity index (χ2n) is 4.70. The number of aromatic hydroxyl groups is 1. The van der Waals surface area contributed by atoms with Gasteiger partial charge in [0.15, 0.2) is 0 Å². The van der Waals surface area contributed by atoms with Crippen LogP contribution in [0.15, 0.2) is 59.5 Å². The third-order valence-corrected chi connectivity index (χ3v) is 4.51. The van der Waals surface area contributed by atoms with Crippen molar-refractivity contribution in [1.82, 2.24) is 4.72 Å². The zero-order valence-electron chi connectivity index (χ0n) is 11.5. The van der Waals surface area contributed by atoms with Crippen LogP contribution in [0.4, 0.5) is 0 Å². The standard InChI is InChI=1S/C15H15NO5S/c17-12-8-6-11(7-9-12)10-14(15(18)19)16-22(20,21)13-4-2-1-3-5-13/h1-9,14,16-17H,10H2,(H,18,19). The lowest BCUT2D eigenvalue weighted by Gasteiger charge is -2.15. The minimum Gasteiger partial charge on any atom is -0.508 e. The Balaban J connectivity index is 2.19. The molecule has 2 rings (SSSR count). The van der Waals surface area contributed by atoms with Gasteiger partial charge in [0, 0.05) is 0 Å². The zero-order valence-corrected chi connectivity index (χ0v) is 12.3. The SMILES string of the molecule is O=C(O)C(Cc1ccc(O)cc1)NS(=O)(=O)c1ccccc1. The Bertz CT molecular complexity index is 741. The van der Waals surface area contributed by atoms with E-state index in [1.165, 1.54) is 24.3 Å². The van der Waals surface area contributed by atoms with Crippen molar-refractivity contribution in [3.05, 3.63) is 60.2 Å². The Hall–Kier alpha value is -2.38. The fourth-order valence-electron chi connectivity index (χ4n) is 1.90. The predicted octanol–water partition coefficient (Wildman–Crippen LogP) is 1.37. The molecule has 116 valence electrons. The van der Waals surface area contributed by atoms with Crippen molar-refractivity contribution in [1.29, 1.82) is 0 Å². The summed E-state index contributed by atoms with van der Waals surface area (Å²) < 4.78 is 26.5. The van der Waals surface area contributed by atoms with Crippen LogP contribution in [0.3, 0.4) is 0 Å². The first-order chi connectivity index (χ1) is 10.4. The van der Waals surface area contributed by atoms with Crippen LogP contribution in [0.25, 0.3) is 0 Å². The molecule has 0 saturated heterocycles. The molecule has 0 aromatic heterocycles. The average molecular weight is 321 g/mol. The highest BCUT2D eigenvalue weighted by atomic mass is 32.2. The van der Waals surface area contributed by atoms with Gasteiger partial charge in [0.2, 0.25) is 10.0 Å². The van der Waals surface area contributed by atoms with Crippen LogP contribution in [0.1, 0.15) is 5.56 Å². The summed E-state index contributed by atoms with van der Waals surface area (Å²) in [6.45, 7) is 0. The quantitative estimate of drug-likeness (QED) is 0.745. The van der Waals surface area contributed by atoms with Crippen molar-refractivity contribution < 1.29 is 23.4 Å². The molecule has 22 heavy (non-hydrogen) atoms. The Kier molecular flexibility index (Phi) is 4.79. The molecule has 1 unspecified atom stereocenters. The van der Waals surface area contributed by atoms with Crippen molar-refractivity contribution in [3.63, 3.8) is 0 Å². The summed E-state index contributed by atoms with van der Waals surface area (Å²) in [5.41, 5.74) is 0.598. The summed E-state index contributed by atoms with van der Waals surface area (Å²) in [6, 6.07) is 12.2. The number of phenols is 1. The first-order valence-corrected chi connectivity index (χ1v) is 7.95. The highest BCUT2D eigenvalue weighted by molar-refractivity contribution is 7.89. The number of rotatable bonds is 6. The second kappa shape index (κ2) is 6.59. The van der Waals surface area contributed by atoms with Crippen molar-refractivity contribution >= 4 is 16.0 Å². The fourth-order valence-corrected chi connectivity index (χ4v) is 3.11. The van der Waals surface area contributed by atoms with Gasteiger partial charge in [-0.05, 0) is 36.2 Å². The van der Waals surface area contributed by atoms with Crippen molar-refractivity contribution in [2.75, 3.05) is 0 Å². The van der Waals surface area contributed by atoms with Crippen LogP contribution in [-0.2, 0) is 21.2 Å². The Labute approximate surface area is 128 Å². The molecule has 0 aliphatic heterocycles. The Morgan fingerprint density at radius 2 is 1.64 bits per heavy atom. The van der Waals surface area contributed by atoms with Gasteiger partial charge >= 0.3 is 5.97 Å². The molecule has 0 bridgehead atoms. The molecule has 2 aromatic rings. The van der Waals surface area contributed by atoms with E-state index in [1.807, 2.05) is 0 Å². The Morgan fingerprint density at radius 3 is 2.18 bits per heavy atom. The smallest absolute Gasteiger partial charge is 0.322 e. The van der Waals surface area contributed by atoms with E-state index in [1.54, 1.807) is 30.3 Å². The highest BCUT2D eigenvalue weighted by Crippen LogP contribution is 2.13. The zero-order chi connectivity index (χ0) is 16.2. The van der Waals surface area contributed by atoms with Crippen LogP contribution >= 0.6 is 0 Å². The number of carboxylic acid groups (broad SMARTS) is 1. The molecular formula is C15H15NO5S. The number of carboxylic acids is 1. The van der Waals surface area contributed by atoms with Crippen LogP contribution in [0.2, 0.25) is 0 Å². The minimum absolute atomic E-state index is 0.00644. The number of sulfonamides is 1. The molecule has 6 nitrogen and oxygen atoms in total. The number of carbonyl (C=O) groups is 1. The maximum atomic E-state index is 12.2. The van der Waals surface area contributed by atoms with Crippen molar-refractivity contribution in [3.8, 4) is 5.75 Å². The summed E-state index contributed by atoms with van der Waals surface area (Å²) in [5.74, 6) is -1.21. The molecule has 0 aliphatic carbocycles. The number of hydrogen-bond acceptors (Lipinski definition) is 4. The number of nitrogens with one attached hydrogen (secondary N) is 1. The van der Waals surface area contributed by atoms with Crippen LogP contribution in [0, 0.1) is 0 Å². The van der Waals surface area contributed by atoms with Gasteiger partial charge in [-0.25, -0.2) is 8.42 Å². The largest absolute Gasteiger partial charge is 0.508 e. The van der Waals surface area contributed by atoms with E-state index in [4.69, 9.17) is 0 Å². The van der Waals surface area contributed by atoms with Gasteiger partial charge in [0.25, 0.3) is 0 Å². The fraction of sp³-hybridized carbons (Fsp3) is 0.133. The van der Waals surface area contributed by atoms with Crippen LogP contribution in [0.5, 0.6) is 5.75 Å². The summed E-state index contributed by atoms with van der Waals surface area (Å²) >= 11 is 0. The molecule has 0 fully saturated rings. The van der Waals surface area contributed by atoms with E-state index < -0.39 is 22.0 Å². The number of benzene rings is 2. The van der Waals surface area contributed by atoms with Crippen LogP contribution < -0.4 is 4.72 Å². The van der Waals surface area contributed by atoms with Crippen LogP contribution in [-0.4, -0.2) is 30.6 Å². The lowest BCUT2D eigenvalue weighted by Crippen LogP contribution is -2.42. The molecule has 0 saturated carbocycles. The molecule has 0 spiro atoms. The summed E-state index contributed by atoms with van der Waals surface area (Å²) in [7, 11) is -3.91. The average Bonchev–Trinajstić information content (AvgIpc) is 2.49. The van der Waals surface area contributed by atoms with Gasteiger partial charge in [-0.3, -0.25) is 4.79 Å². The molecule has 2 aromatic carbocycles. The third kappa shape index (κ3) is 4.06. The molecule has 0 radical (unpaired) electrons. The molecule has 0 amide bonds. The molecule has 0 heterocycles. The summed E-state index contributed by atoms with van der Waals surface area (Å²) in [6.07, 6.45) is -0.0261. The normalized spacial score (nSPS) is 12.7. The molecular weight excluding hydrogens is 306 g/mol. The lowest BCUT2D eigenvalue weighted by molar-refractivity contribution is -0.138. The maximum absolute atomic E-state index is 12.2. The van der Waals surface area contributed by atoms with E-state index in [9.17, 15) is 23.4 Å². The molecule has 3 N–H and O–H groups in total. The van der Waals surface area contributed by atoms with Gasteiger partial charge in [-0.2, -0.15) is 4.72 Å². The van der Waals surface area contributed by atoms with Gasteiger partial charge in [-0.15, -0.1) is 0 Å².